The van der Waals surface area contributed by atoms with Crippen LogP contribution in [0.4, 0.5) is 26.3 Å². The summed E-state index contributed by atoms with van der Waals surface area (Å²) in [4.78, 5) is 13.9. The molecule has 1 aromatic heterocycles. The summed E-state index contributed by atoms with van der Waals surface area (Å²) in [6.07, 6.45) is -5.61. The zero-order chi connectivity index (χ0) is 21.0. The summed E-state index contributed by atoms with van der Waals surface area (Å²) in [5, 5.41) is 8.14. The van der Waals surface area contributed by atoms with E-state index < -0.39 is 35.0 Å². The molecule has 1 atom stereocenters. The smallest absolute Gasteiger partial charge is 0.336 e. The summed E-state index contributed by atoms with van der Waals surface area (Å²) in [5.74, 6) is -0.472. The van der Waals surface area contributed by atoms with E-state index in [0.717, 1.165) is 18.5 Å². The lowest BCUT2D eigenvalue weighted by Gasteiger charge is -2.19. The molecular formula is C18H16F6N4O. The van der Waals surface area contributed by atoms with Crippen LogP contribution in [0.1, 0.15) is 58.4 Å². The van der Waals surface area contributed by atoms with Crippen molar-refractivity contribution < 1.29 is 31.1 Å². The summed E-state index contributed by atoms with van der Waals surface area (Å²) in [5.41, 5.74) is -2.78. The van der Waals surface area contributed by atoms with Crippen LogP contribution in [0.3, 0.4) is 0 Å². The maximum Gasteiger partial charge on any atom is 0.416 e. The number of hydrogen-bond donors (Lipinski definition) is 0. The Morgan fingerprint density at radius 2 is 1.59 bits per heavy atom. The van der Waals surface area contributed by atoms with E-state index in [1.54, 1.807) is 10.9 Å². The molecule has 0 N–H and O–H groups in total. The number of benzene rings is 1. The van der Waals surface area contributed by atoms with Gasteiger partial charge < -0.3 is 4.90 Å². The van der Waals surface area contributed by atoms with Gasteiger partial charge in [-0.25, -0.2) is 4.68 Å². The van der Waals surface area contributed by atoms with Crippen molar-refractivity contribution in [2.45, 2.75) is 43.6 Å². The number of rotatable bonds is 3. The lowest BCUT2D eigenvalue weighted by atomic mass is 10.0. The van der Waals surface area contributed by atoms with E-state index in [0.29, 0.717) is 24.5 Å². The molecule has 1 aromatic carbocycles. The number of alkyl halides is 6. The van der Waals surface area contributed by atoms with Gasteiger partial charge in [0.05, 0.1) is 22.9 Å². The topological polar surface area (TPSA) is 51.0 Å². The second kappa shape index (κ2) is 6.74. The minimum Gasteiger partial charge on any atom is -0.336 e. The first-order valence-corrected chi connectivity index (χ1v) is 9.03. The Bertz CT molecular complexity index is 899. The first-order chi connectivity index (χ1) is 13.5. The molecule has 1 aliphatic heterocycles. The minimum absolute atomic E-state index is 0.0123. The van der Waals surface area contributed by atoms with Gasteiger partial charge >= 0.3 is 12.4 Å². The molecule has 0 radical (unpaired) electrons. The number of amides is 1. The molecule has 0 spiro atoms. The van der Waals surface area contributed by atoms with Crippen LogP contribution in [0.2, 0.25) is 0 Å². The monoisotopic (exact) mass is 418 g/mol. The fourth-order valence-electron chi connectivity index (χ4n) is 3.44. The van der Waals surface area contributed by atoms with Gasteiger partial charge in [-0.15, -0.1) is 5.10 Å². The maximum atomic E-state index is 13.0. The molecule has 1 saturated carbocycles. The van der Waals surface area contributed by atoms with Crippen LogP contribution < -0.4 is 0 Å². The molecule has 2 aliphatic rings. The number of nitrogens with zero attached hydrogens (tertiary/aromatic N) is 4. The van der Waals surface area contributed by atoms with Gasteiger partial charge in [0.15, 0.2) is 0 Å². The largest absolute Gasteiger partial charge is 0.416 e. The molecule has 1 saturated heterocycles. The predicted molar refractivity (Wildman–Crippen MR) is 88.0 cm³/mol. The van der Waals surface area contributed by atoms with Crippen molar-refractivity contribution in [3.63, 3.8) is 0 Å². The SMILES string of the molecule is O=C(c1cc(C(F)(F)F)cc(C(F)(F)F)c1)N1CCC(n2cc(C3CC3)nn2)C1. The average molecular weight is 418 g/mol. The number of halogens is 6. The number of carbonyl (C=O) groups is 1. The van der Waals surface area contributed by atoms with Crippen molar-refractivity contribution in [1.82, 2.24) is 19.9 Å². The van der Waals surface area contributed by atoms with Gasteiger partial charge in [0.1, 0.15) is 0 Å². The third-order valence-electron chi connectivity index (χ3n) is 5.18. The fourth-order valence-corrected chi connectivity index (χ4v) is 3.44. The molecule has 2 heterocycles. The van der Waals surface area contributed by atoms with Crippen LogP contribution in [0.25, 0.3) is 0 Å². The number of aromatic nitrogens is 3. The summed E-state index contributed by atoms with van der Waals surface area (Å²) in [6.45, 7) is 0.351. The van der Waals surface area contributed by atoms with Crippen molar-refractivity contribution in [1.29, 1.82) is 0 Å². The van der Waals surface area contributed by atoms with Crippen molar-refractivity contribution in [3.8, 4) is 0 Å². The molecule has 156 valence electrons. The molecule has 11 heteroatoms. The Morgan fingerprint density at radius 1 is 0.966 bits per heavy atom. The second-order valence-corrected chi connectivity index (χ2v) is 7.39. The van der Waals surface area contributed by atoms with Crippen LogP contribution in [-0.4, -0.2) is 38.9 Å². The van der Waals surface area contributed by atoms with Crippen LogP contribution >= 0.6 is 0 Å². The second-order valence-electron chi connectivity index (χ2n) is 7.39. The zero-order valence-electron chi connectivity index (χ0n) is 15.0. The molecule has 29 heavy (non-hydrogen) atoms. The highest BCUT2D eigenvalue weighted by Crippen LogP contribution is 2.39. The van der Waals surface area contributed by atoms with E-state index in [-0.39, 0.29) is 25.2 Å². The van der Waals surface area contributed by atoms with Gasteiger partial charge in [-0.3, -0.25) is 4.79 Å². The van der Waals surface area contributed by atoms with E-state index in [2.05, 4.69) is 10.3 Å². The Morgan fingerprint density at radius 3 is 2.14 bits per heavy atom. The zero-order valence-corrected chi connectivity index (χ0v) is 15.0. The Balaban J connectivity index is 1.55. The fraction of sp³-hybridized carbons (Fsp3) is 0.500. The van der Waals surface area contributed by atoms with E-state index in [1.807, 2.05) is 0 Å². The first-order valence-electron chi connectivity index (χ1n) is 9.03. The lowest BCUT2D eigenvalue weighted by Crippen LogP contribution is -2.30. The van der Waals surface area contributed by atoms with Crippen LogP contribution in [0, 0.1) is 0 Å². The lowest BCUT2D eigenvalue weighted by molar-refractivity contribution is -0.143. The minimum atomic E-state index is -5.00. The standard InChI is InChI=1S/C18H16F6N4O/c19-17(20,21)12-5-11(6-13(7-12)18(22,23)24)16(29)27-4-3-14(8-27)28-9-15(25-26-28)10-1-2-10/h5-7,9-10,14H,1-4,8H2. The molecule has 4 rings (SSSR count). The highest BCUT2D eigenvalue weighted by molar-refractivity contribution is 5.95. The normalized spacial score (nSPS) is 20.3. The number of carbonyl (C=O) groups excluding carboxylic acids is 1. The quantitative estimate of drug-likeness (QED) is 0.700. The number of likely N-dealkylation sites (tertiary alicyclic amines) is 1. The first kappa shape index (κ1) is 19.7. The molecule has 2 fully saturated rings. The van der Waals surface area contributed by atoms with Crippen LogP contribution in [0.5, 0.6) is 0 Å². The van der Waals surface area contributed by atoms with Crippen molar-refractivity contribution >= 4 is 5.91 Å². The van der Waals surface area contributed by atoms with Crippen molar-refractivity contribution in [3.05, 3.63) is 46.8 Å². The summed E-state index contributed by atoms with van der Waals surface area (Å²) in [7, 11) is 0. The van der Waals surface area contributed by atoms with Crippen molar-refractivity contribution in [2.75, 3.05) is 13.1 Å². The third kappa shape index (κ3) is 4.08. The molecular weight excluding hydrogens is 402 g/mol. The van der Waals surface area contributed by atoms with Gasteiger partial charge in [0, 0.05) is 30.8 Å². The predicted octanol–water partition coefficient (Wildman–Crippen LogP) is 4.28. The van der Waals surface area contributed by atoms with E-state index >= 15 is 0 Å². The molecule has 1 unspecified atom stereocenters. The Kier molecular flexibility index (Phi) is 4.58. The Labute approximate surface area is 161 Å². The van der Waals surface area contributed by atoms with Gasteiger partial charge in [-0.2, -0.15) is 26.3 Å². The molecule has 5 nitrogen and oxygen atoms in total. The van der Waals surface area contributed by atoms with E-state index in [9.17, 15) is 31.1 Å². The van der Waals surface area contributed by atoms with Crippen LogP contribution in [0.15, 0.2) is 24.4 Å². The molecule has 2 aromatic rings. The third-order valence-corrected chi connectivity index (χ3v) is 5.18. The number of hydrogen-bond acceptors (Lipinski definition) is 3. The average Bonchev–Trinajstić information content (AvgIpc) is 3.17. The van der Waals surface area contributed by atoms with E-state index in [1.165, 1.54) is 4.90 Å². The maximum absolute atomic E-state index is 13.0. The highest BCUT2D eigenvalue weighted by atomic mass is 19.4. The van der Waals surface area contributed by atoms with Crippen molar-refractivity contribution in [2.24, 2.45) is 0 Å². The van der Waals surface area contributed by atoms with Gasteiger partial charge in [0.25, 0.3) is 5.91 Å². The molecule has 0 bridgehead atoms. The summed E-state index contributed by atoms with van der Waals surface area (Å²) >= 11 is 0. The van der Waals surface area contributed by atoms with Crippen LogP contribution in [-0.2, 0) is 12.4 Å². The highest BCUT2D eigenvalue weighted by Gasteiger charge is 2.39. The van der Waals surface area contributed by atoms with Gasteiger partial charge in [-0.05, 0) is 37.5 Å². The van der Waals surface area contributed by atoms with E-state index in [4.69, 9.17) is 0 Å². The molecule has 1 aliphatic carbocycles. The molecule has 1 amide bonds. The summed E-state index contributed by atoms with van der Waals surface area (Å²) < 4.78 is 79.8. The Hall–Kier alpha value is -2.59. The van der Waals surface area contributed by atoms with Gasteiger partial charge in [0.2, 0.25) is 0 Å². The summed E-state index contributed by atoms with van der Waals surface area (Å²) in [6, 6.07) is 0.724. The van der Waals surface area contributed by atoms with Gasteiger partial charge in [-0.1, -0.05) is 5.21 Å².